The van der Waals surface area contributed by atoms with Gasteiger partial charge in [-0.05, 0) is 18.9 Å². The molecule has 4 N–H and O–H groups in total. The molecule has 0 unspecified atom stereocenters. The van der Waals surface area contributed by atoms with Crippen molar-refractivity contribution in [2.45, 2.75) is 33.4 Å². The van der Waals surface area contributed by atoms with Crippen LogP contribution in [0.1, 0.15) is 25.1 Å². The Hall–Kier alpha value is -1.13. The lowest BCUT2D eigenvalue weighted by Crippen LogP contribution is -2.30. The van der Waals surface area contributed by atoms with E-state index in [0.717, 1.165) is 17.1 Å². The highest BCUT2D eigenvalue weighted by molar-refractivity contribution is 5.45. The van der Waals surface area contributed by atoms with Gasteiger partial charge in [0.05, 0.1) is 12.6 Å². The number of rotatable bonds is 5. The van der Waals surface area contributed by atoms with Crippen molar-refractivity contribution in [2.24, 2.45) is 11.7 Å². The number of aliphatic hydroxyl groups excluding tert-OH is 1. The molecule has 1 aromatic rings. The van der Waals surface area contributed by atoms with Crippen molar-refractivity contribution in [3.63, 3.8) is 0 Å². The highest BCUT2D eigenvalue weighted by atomic mass is 16.3. The van der Waals surface area contributed by atoms with Gasteiger partial charge in [0.25, 0.3) is 0 Å². The van der Waals surface area contributed by atoms with Crippen LogP contribution in [0.2, 0.25) is 0 Å². The second-order valence-electron chi connectivity index (χ2n) is 4.34. The Morgan fingerprint density at radius 3 is 2.62 bits per heavy atom. The van der Waals surface area contributed by atoms with Crippen molar-refractivity contribution in [1.82, 2.24) is 4.98 Å². The Kier molecular flexibility index (Phi) is 4.71. The number of hydrogen-bond donors (Lipinski definition) is 3. The molecule has 0 bridgehead atoms. The van der Waals surface area contributed by atoms with Crippen molar-refractivity contribution in [3.8, 4) is 0 Å². The minimum atomic E-state index is 0.0135. The molecule has 16 heavy (non-hydrogen) atoms. The van der Waals surface area contributed by atoms with Crippen LogP contribution in [0.5, 0.6) is 0 Å². The minimum Gasteiger partial charge on any atom is -0.394 e. The molecule has 1 aromatic heterocycles. The lowest BCUT2D eigenvalue weighted by atomic mass is 10.1. The molecule has 0 aromatic carbocycles. The topological polar surface area (TPSA) is 71.2 Å². The number of aromatic nitrogens is 1. The number of aliphatic hydroxyl groups is 1. The van der Waals surface area contributed by atoms with E-state index in [-0.39, 0.29) is 12.6 Å². The average molecular weight is 223 g/mol. The largest absolute Gasteiger partial charge is 0.394 e. The molecular formula is C12H21N3O. The van der Waals surface area contributed by atoms with Crippen molar-refractivity contribution in [3.05, 3.63) is 23.4 Å². The summed E-state index contributed by atoms with van der Waals surface area (Å²) in [7, 11) is 0. The van der Waals surface area contributed by atoms with Crippen molar-refractivity contribution in [2.75, 3.05) is 11.9 Å². The van der Waals surface area contributed by atoms with Gasteiger partial charge in [-0.15, -0.1) is 0 Å². The standard InChI is InChI=1S/C12H21N3O/c1-8(2)11(7-16)15-12-10(6-13)5-4-9(3)14-12/h4-5,8,11,16H,6-7,13H2,1-3H3,(H,14,15)/t11-/m1/s1. The van der Waals surface area contributed by atoms with Gasteiger partial charge in [-0.3, -0.25) is 0 Å². The molecule has 0 spiro atoms. The molecule has 4 nitrogen and oxygen atoms in total. The molecule has 90 valence electrons. The molecule has 1 heterocycles. The highest BCUT2D eigenvalue weighted by Crippen LogP contribution is 2.16. The Labute approximate surface area is 96.9 Å². The Bertz CT molecular complexity index is 339. The summed E-state index contributed by atoms with van der Waals surface area (Å²) >= 11 is 0. The van der Waals surface area contributed by atoms with Gasteiger partial charge in [-0.1, -0.05) is 19.9 Å². The van der Waals surface area contributed by atoms with E-state index in [1.807, 2.05) is 19.1 Å². The molecule has 0 amide bonds. The number of nitrogens with one attached hydrogen (secondary N) is 1. The van der Waals surface area contributed by atoms with Crippen LogP contribution in [0.25, 0.3) is 0 Å². The second kappa shape index (κ2) is 5.82. The number of hydrogen-bond acceptors (Lipinski definition) is 4. The molecule has 0 aliphatic carbocycles. The third kappa shape index (κ3) is 3.18. The van der Waals surface area contributed by atoms with E-state index in [9.17, 15) is 5.11 Å². The lowest BCUT2D eigenvalue weighted by Gasteiger charge is -2.22. The predicted molar refractivity (Wildman–Crippen MR) is 66.2 cm³/mol. The van der Waals surface area contributed by atoms with Crippen LogP contribution < -0.4 is 11.1 Å². The number of nitrogens with zero attached hydrogens (tertiary/aromatic N) is 1. The van der Waals surface area contributed by atoms with Crippen LogP contribution in [0, 0.1) is 12.8 Å². The SMILES string of the molecule is Cc1ccc(CN)c(N[C@H](CO)C(C)C)n1. The zero-order valence-electron chi connectivity index (χ0n) is 10.2. The summed E-state index contributed by atoms with van der Waals surface area (Å²) in [5.74, 6) is 1.13. The summed E-state index contributed by atoms with van der Waals surface area (Å²) in [5, 5.41) is 12.5. The van der Waals surface area contributed by atoms with Crippen LogP contribution in [0.15, 0.2) is 12.1 Å². The van der Waals surface area contributed by atoms with Gasteiger partial charge in [0, 0.05) is 17.8 Å². The summed E-state index contributed by atoms with van der Waals surface area (Å²) in [4.78, 5) is 4.41. The molecule has 0 saturated heterocycles. The second-order valence-corrected chi connectivity index (χ2v) is 4.34. The van der Waals surface area contributed by atoms with E-state index in [4.69, 9.17) is 5.73 Å². The fourth-order valence-corrected chi connectivity index (χ4v) is 1.47. The van der Waals surface area contributed by atoms with E-state index in [2.05, 4.69) is 24.1 Å². The van der Waals surface area contributed by atoms with Crippen molar-refractivity contribution in [1.29, 1.82) is 0 Å². The first-order valence-electron chi connectivity index (χ1n) is 5.62. The van der Waals surface area contributed by atoms with E-state index in [1.165, 1.54) is 0 Å². The summed E-state index contributed by atoms with van der Waals surface area (Å²) < 4.78 is 0. The molecule has 4 heteroatoms. The maximum atomic E-state index is 9.27. The molecule has 0 aliphatic heterocycles. The zero-order valence-corrected chi connectivity index (χ0v) is 10.2. The van der Waals surface area contributed by atoms with E-state index in [1.54, 1.807) is 0 Å². The van der Waals surface area contributed by atoms with Gasteiger partial charge in [-0.25, -0.2) is 4.98 Å². The van der Waals surface area contributed by atoms with E-state index in [0.29, 0.717) is 12.5 Å². The van der Waals surface area contributed by atoms with Crippen LogP contribution in [0.3, 0.4) is 0 Å². The van der Waals surface area contributed by atoms with E-state index < -0.39 is 0 Å². The van der Waals surface area contributed by atoms with Crippen LogP contribution in [-0.4, -0.2) is 22.7 Å². The lowest BCUT2D eigenvalue weighted by molar-refractivity contribution is 0.249. The normalized spacial score (nSPS) is 12.9. The average Bonchev–Trinajstić information content (AvgIpc) is 2.25. The quantitative estimate of drug-likeness (QED) is 0.703. The maximum Gasteiger partial charge on any atom is 0.131 e. The zero-order chi connectivity index (χ0) is 12.1. The fourth-order valence-electron chi connectivity index (χ4n) is 1.47. The molecule has 0 saturated carbocycles. The van der Waals surface area contributed by atoms with Crippen LogP contribution in [0.4, 0.5) is 5.82 Å². The molecule has 1 atom stereocenters. The minimum absolute atomic E-state index is 0.0135. The van der Waals surface area contributed by atoms with Crippen molar-refractivity contribution >= 4 is 5.82 Å². The summed E-state index contributed by atoms with van der Waals surface area (Å²) in [6.45, 7) is 6.61. The van der Waals surface area contributed by atoms with Gasteiger partial charge in [0.2, 0.25) is 0 Å². The summed E-state index contributed by atoms with van der Waals surface area (Å²) in [6.07, 6.45) is 0. The monoisotopic (exact) mass is 223 g/mol. The molecule has 1 rings (SSSR count). The fraction of sp³-hybridized carbons (Fsp3) is 0.583. The van der Waals surface area contributed by atoms with Gasteiger partial charge < -0.3 is 16.2 Å². The van der Waals surface area contributed by atoms with Gasteiger partial charge >= 0.3 is 0 Å². The third-order valence-electron chi connectivity index (χ3n) is 2.66. The highest BCUT2D eigenvalue weighted by Gasteiger charge is 2.14. The Morgan fingerprint density at radius 1 is 1.44 bits per heavy atom. The maximum absolute atomic E-state index is 9.27. The number of nitrogens with two attached hydrogens (primary N) is 1. The first-order chi connectivity index (χ1) is 7.58. The van der Waals surface area contributed by atoms with Gasteiger partial charge in [-0.2, -0.15) is 0 Å². The summed E-state index contributed by atoms with van der Waals surface area (Å²) in [6, 6.07) is 3.93. The molecule has 0 fully saturated rings. The Balaban J connectivity index is 2.89. The smallest absolute Gasteiger partial charge is 0.131 e. The van der Waals surface area contributed by atoms with Crippen molar-refractivity contribution < 1.29 is 5.11 Å². The number of anilines is 1. The Morgan fingerprint density at radius 2 is 2.12 bits per heavy atom. The van der Waals surface area contributed by atoms with Crippen LogP contribution in [-0.2, 0) is 6.54 Å². The number of pyridine rings is 1. The summed E-state index contributed by atoms with van der Waals surface area (Å²) in [5.41, 5.74) is 7.57. The predicted octanol–water partition coefficient (Wildman–Crippen LogP) is 1.28. The molecular weight excluding hydrogens is 202 g/mol. The molecule has 0 aliphatic rings. The molecule has 0 radical (unpaired) electrons. The van der Waals surface area contributed by atoms with Crippen LogP contribution >= 0.6 is 0 Å². The van der Waals surface area contributed by atoms with Gasteiger partial charge in [0.1, 0.15) is 5.82 Å². The van der Waals surface area contributed by atoms with E-state index >= 15 is 0 Å². The first kappa shape index (κ1) is 12.9. The van der Waals surface area contributed by atoms with Gasteiger partial charge in [0.15, 0.2) is 0 Å². The first-order valence-corrected chi connectivity index (χ1v) is 5.62. The third-order valence-corrected chi connectivity index (χ3v) is 2.66. The number of aryl methyl sites for hydroxylation is 1.